The number of hydrogen-bond donors (Lipinski definition) is 3. The fourth-order valence-electron chi connectivity index (χ4n) is 1.95. The molecule has 0 radical (unpaired) electrons. The van der Waals surface area contributed by atoms with Gasteiger partial charge in [0.25, 0.3) is 0 Å². The van der Waals surface area contributed by atoms with Crippen molar-refractivity contribution in [3.63, 3.8) is 0 Å². The fourth-order valence-corrected chi connectivity index (χ4v) is 1.95. The third-order valence-corrected chi connectivity index (χ3v) is 3.11. The molecule has 6 nitrogen and oxygen atoms in total. The summed E-state index contributed by atoms with van der Waals surface area (Å²) in [5, 5.41) is 12.1. The van der Waals surface area contributed by atoms with Crippen LogP contribution in [0.5, 0.6) is 0 Å². The lowest BCUT2D eigenvalue weighted by atomic mass is 10.0. The zero-order valence-corrected chi connectivity index (χ0v) is 11.7. The Morgan fingerprint density at radius 3 is 2.44 bits per heavy atom. The van der Waals surface area contributed by atoms with Crippen LogP contribution in [-0.2, 0) is 9.59 Å². The third-order valence-electron chi connectivity index (χ3n) is 3.11. The number of carbonyl (C=O) groups is 2. The number of nitrogens with two attached hydrogens (primary N) is 1. The molecule has 1 heterocycles. The van der Waals surface area contributed by atoms with Gasteiger partial charge in [-0.25, -0.2) is 0 Å². The van der Waals surface area contributed by atoms with Crippen molar-refractivity contribution in [2.45, 2.75) is 38.5 Å². The summed E-state index contributed by atoms with van der Waals surface area (Å²) in [5.74, 6) is -0.526. The van der Waals surface area contributed by atoms with Gasteiger partial charge < -0.3 is 21.1 Å². The predicted octanol–water partition coefficient (Wildman–Crippen LogP) is -0.901. The van der Waals surface area contributed by atoms with Gasteiger partial charge in [-0.1, -0.05) is 13.8 Å². The number of likely N-dealkylation sites (N-methyl/N-ethyl adjacent to an activating group) is 1. The Morgan fingerprint density at radius 1 is 1.44 bits per heavy atom. The largest absolute Gasteiger partial charge is 0.391 e. The first-order valence-electron chi connectivity index (χ1n) is 5.84. The summed E-state index contributed by atoms with van der Waals surface area (Å²) in [5.41, 5.74) is 5.78. The molecule has 3 atom stereocenters. The van der Waals surface area contributed by atoms with Crippen LogP contribution in [0, 0.1) is 5.92 Å². The van der Waals surface area contributed by atoms with Crippen molar-refractivity contribution < 1.29 is 14.7 Å². The summed E-state index contributed by atoms with van der Waals surface area (Å²) >= 11 is 0. The highest BCUT2D eigenvalue weighted by atomic mass is 35.5. The van der Waals surface area contributed by atoms with Crippen LogP contribution in [0.25, 0.3) is 0 Å². The maximum Gasteiger partial charge on any atom is 0.242 e. The predicted molar refractivity (Wildman–Crippen MR) is 70.3 cm³/mol. The number of halogens is 1. The van der Waals surface area contributed by atoms with E-state index in [0.29, 0.717) is 0 Å². The Labute approximate surface area is 113 Å². The molecule has 2 amide bonds. The third kappa shape index (κ3) is 3.57. The minimum atomic E-state index is -0.652. The van der Waals surface area contributed by atoms with E-state index in [9.17, 15) is 14.7 Å². The summed E-state index contributed by atoms with van der Waals surface area (Å²) in [6, 6.07) is -1.24. The van der Waals surface area contributed by atoms with Crippen LogP contribution in [0.1, 0.15) is 20.3 Å². The molecule has 0 bridgehead atoms. The lowest BCUT2D eigenvalue weighted by Crippen LogP contribution is -2.52. The van der Waals surface area contributed by atoms with E-state index in [4.69, 9.17) is 5.73 Å². The van der Waals surface area contributed by atoms with Crippen molar-refractivity contribution in [1.82, 2.24) is 10.2 Å². The minimum Gasteiger partial charge on any atom is -0.391 e. The van der Waals surface area contributed by atoms with Gasteiger partial charge in [-0.05, 0) is 5.92 Å². The number of aliphatic hydroxyl groups excluding tert-OH is 1. The van der Waals surface area contributed by atoms with E-state index in [2.05, 4.69) is 5.32 Å². The smallest absolute Gasteiger partial charge is 0.242 e. The molecule has 0 aliphatic carbocycles. The van der Waals surface area contributed by atoms with Gasteiger partial charge in [-0.3, -0.25) is 9.59 Å². The molecule has 0 saturated carbocycles. The molecule has 0 aromatic rings. The summed E-state index contributed by atoms with van der Waals surface area (Å²) < 4.78 is 0. The quantitative estimate of drug-likeness (QED) is 0.624. The van der Waals surface area contributed by atoms with Gasteiger partial charge in [-0.15, -0.1) is 12.4 Å². The van der Waals surface area contributed by atoms with Crippen molar-refractivity contribution in [2.24, 2.45) is 11.7 Å². The van der Waals surface area contributed by atoms with Crippen LogP contribution in [0.4, 0.5) is 0 Å². The van der Waals surface area contributed by atoms with Crippen molar-refractivity contribution in [3.05, 3.63) is 0 Å². The Hall–Kier alpha value is -0.850. The normalized spacial score (nSPS) is 24.7. The van der Waals surface area contributed by atoms with Crippen molar-refractivity contribution in [3.8, 4) is 0 Å². The van der Waals surface area contributed by atoms with E-state index in [-0.39, 0.29) is 43.1 Å². The van der Waals surface area contributed by atoms with Crippen LogP contribution in [0.15, 0.2) is 0 Å². The van der Waals surface area contributed by atoms with Crippen molar-refractivity contribution in [2.75, 3.05) is 13.6 Å². The molecule has 1 saturated heterocycles. The van der Waals surface area contributed by atoms with Gasteiger partial charge in [0.15, 0.2) is 0 Å². The topological polar surface area (TPSA) is 95.7 Å². The molecule has 0 aromatic heterocycles. The van der Waals surface area contributed by atoms with Gasteiger partial charge >= 0.3 is 0 Å². The molecule has 106 valence electrons. The van der Waals surface area contributed by atoms with Gasteiger partial charge in [0, 0.05) is 20.0 Å². The second-order valence-electron chi connectivity index (χ2n) is 4.78. The number of β-amino-alcohol motifs (C(OH)–C–C–N with tert-alkyl or cyclic N) is 1. The molecule has 2 unspecified atom stereocenters. The van der Waals surface area contributed by atoms with E-state index >= 15 is 0 Å². The molecular formula is C11H22ClN3O3. The molecule has 1 aliphatic heterocycles. The Balaban J connectivity index is 0.00000289. The van der Waals surface area contributed by atoms with E-state index in [1.54, 1.807) is 0 Å². The van der Waals surface area contributed by atoms with E-state index < -0.39 is 18.2 Å². The molecule has 1 aliphatic rings. The van der Waals surface area contributed by atoms with Crippen LogP contribution in [0.2, 0.25) is 0 Å². The number of rotatable bonds is 3. The first kappa shape index (κ1) is 17.2. The van der Waals surface area contributed by atoms with E-state index in [1.807, 2.05) is 13.8 Å². The highest BCUT2D eigenvalue weighted by Gasteiger charge is 2.40. The number of nitrogens with one attached hydrogen (secondary N) is 1. The molecule has 1 fully saturated rings. The van der Waals surface area contributed by atoms with Crippen LogP contribution in [-0.4, -0.2) is 53.6 Å². The fraction of sp³-hybridized carbons (Fsp3) is 0.818. The number of nitrogens with zero attached hydrogens (tertiary/aromatic N) is 1. The molecular weight excluding hydrogens is 258 g/mol. The second-order valence-corrected chi connectivity index (χ2v) is 4.78. The molecule has 4 N–H and O–H groups in total. The van der Waals surface area contributed by atoms with E-state index in [1.165, 1.54) is 11.9 Å². The maximum atomic E-state index is 12.1. The summed E-state index contributed by atoms with van der Waals surface area (Å²) in [6.45, 7) is 3.88. The minimum absolute atomic E-state index is 0. The lowest BCUT2D eigenvalue weighted by molar-refractivity contribution is -0.140. The van der Waals surface area contributed by atoms with Gasteiger partial charge in [0.1, 0.15) is 6.04 Å². The standard InChI is InChI=1S/C11H21N3O3.ClH/c1-6(2)9(12)11(17)14-5-7(15)4-8(14)10(16)13-3;/h6-9,15H,4-5,12H2,1-3H3,(H,13,16);1H/t7?,8?,9-;/m0./s1. The molecule has 0 spiro atoms. The van der Waals surface area contributed by atoms with E-state index in [0.717, 1.165) is 0 Å². The molecule has 18 heavy (non-hydrogen) atoms. The monoisotopic (exact) mass is 279 g/mol. The van der Waals surface area contributed by atoms with Crippen LogP contribution < -0.4 is 11.1 Å². The molecule has 0 aromatic carbocycles. The lowest BCUT2D eigenvalue weighted by Gasteiger charge is -2.27. The average molecular weight is 280 g/mol. The Kier molecular flexibility index (Phi) is 6.59. The molecule has 1 rings (SSSR count). The zero-order chi connectivity index (χ0) is 13.2. The SMILES string of the molecule is CNC(=O)C1CC(O)CN1C(=O)[C@@H](N)C(C)C.Cl. The van der Waals surface area contributed by atoms with Crippen LogP contribution >= 0.6 is 12.4 Å². The van der Waals surface area contributed by atoms with Crippen LogP contribution in [0.3, 0.4) is 0 Å². The Morgan fingerprint density at radius 2 is 2.00 bits per heavy atom. The highest BCUT2D eigenvalue weighted by molar-refractivity contribution is 5.90. The number of hydrogen-bond acceptors (Lipinski definition) is 4. The second kappa shape index (κ2) is 6.92. The van der Waals surface area contributed by atoms with Crippen molar-refractivity contribution in [1.29, 1.82) is 0 Å². The zero-order valence-electron chi connectivity index (χ0n) is 10.9. The number of amides is 2. The number of aliphatic hydroxyl groups is 1. The van der Waals surface area contributed by atoms with Crippen molar-refractivity contribution >= 4 is 24.2 Å². The Bertz CT molecular complexity index is 312. The number of likely N-dealkylation sites (tertiary alicyclic amines) is 1. The average Bonchev–Trinajstić information content (AvgIpc) is 2.68. The summed E-state index contributed by atoms with van der Waals surface area (Å²) in [4.78, 5) is 25.1. The first-order valence-corrected chi connectivity index (χ1v) is 5.84. The van der Waals surface area contributed by atoms with Gasteiger partial charge in [-0.2, -0.15) is 0 Å². The number of carbonyl (C=O) groups excluding carboxylic acids is 2. The maximum absolute atomic E-state index is 12.1. The molecule has 7 heteroatoms. The summed E-state index contributed by atoms with van der Waals surface area (Å²) in [6.07, 6.45) is -0.378. The van der Waals surface area contributed by atoms with Gasteiger partial charge in [0.2, 0.25) is 11.8 Å². The summed E-state index contributed by atoms with van der Waals surface area (Å²) in [7, 11) is 1.51. The highest BCUT2D eigenvalue weighted by Crippen LogP contribution is 2.20. The first-order chi connectivity index (χ1) is 7.88. The van der Waals surface area contributed by atoms with Gasteiger partial charge in [0.05, 0.1) is 12.1 Å².